The lowest BCUT2D eigenvalue weighted by Crippen LogP contribution is -2.37. The van der Waals surface area contributed by atoms with Crippen molar-refractivity contribution < 1.29 is 23.9 Å². The van der Waals surface area contributed by atoms with Gasteiger partial charge in [-0.1, -0.05) is 12.1 Å². The molecule has 1 aliphatic heterocycles. The normalized spacial score (nSPS) is 12.8. The van der Waals surface area contributed by atoms with Crippen LogP contribution in [-0.4, -0.2) is 47.2 Å². The quantitative estimate of drug-likeness (QED) is 0.660. The molecule has 0 atom stereocenters. The maximum atomic E-state index is 12.2. The van der Waals surface area contributed by atoms with E-state index in [-0.39, 0.29) is 22.5 Å². The molecule has 0 radical (unpaired) electrons. The second kappa shape index (κ2) is 6.52. The minimum atomic E-state index is -0.628. The first-order valence-electron chi connectivity index (χ1n) is 7.31. The van der Waals surface area contributed by atoms with Crippen molar-refractivity contribution in [2.24, 2.45) is 0 Å². The van der Waals surface area contributed by atoms with Crippen LogP contribution in [0.3, 0.4) is 0 Å². The molecule has 0 fully saturated rings. The van der Waals surface area contributed by atoms with Crippen molar-refractivity contribution in [1.82, 2.24) is 9.88 Å². The SMILES string of the molecule is COC(=O)c1ccccc1NC(=O)CN1C(=O)c2cccnc2C1=O. The molecule has 25 heavy (non-hydrogen) atoms. The van der Waals surface area contributed by atoms with Crippen LogP contribution in [0.4, 0.5) is 5.69 Å². The van der Waals surface area contributed by atoms with E-state index in [1.165, 1.54) is 31.5 Å². The molecule has 1 aromatic heterocycles. The van der Waals surface area contributed by atoms with Gasteiger partial charge in [0.2, 0.25) is 5.91 Å². The summed E-state index contributed by atoms with van der Waals surface area (Å²) in [6.45, 7) is -0.483. The van der Waals surface area contributed by atoms with Crippen molar-refractivity contribution in [1.29, 1.82) is 0 Å². The van der Waals surface area contributed by atoms with Gasteiger partial charge in [-0.2, -0.15) is 0 Å². The number of methoxy groups -OCH3 is 1. The molecule has 8 nitrogen and oxygen atoms in total. The molecule has 0 bridgehead atoms. The van der Waals surface area contributed by atoms with Gasteiger partial charge in [0.1, 0.15) is 12.2 Å². The molecule has 2 aromatic rings. The van der Waals surface area contributed by atoms with E-state index in [2.05, 4.69) is 15.0 Å². The lowest BCUT2D eigenvalue weighted by molar-refractivity contribution is -0.116. The van der Waals surface area contributed by atoms with E-state index in [4.69, 9.17) is 0 Å². The molecule has 0 aliphatic carbocycles. The summed E-state index contributed by atoms with van der Waals surface area (Å²) in [5, 5.41) is 2.51. The number of aromatic nitrogens is 1. The third kappa shape index (κ3) is 2.97. The lowest BCUT2D eigenvalue weighted by Gasteiger charge is -2.14. The number of benzene rings is 1. The molecule has 0 spiro atoms. The van der Waals surface area contributed by atoms with E-state index < -0.39 is 30.2 Å². The topological polar surface area (TPSA) is 106 Å². The zero-order chi connectivity index (χ0) is 18.0. The fourth-order valence-corrected chi connectivity index (χ4v) is 2.47. The number of para-hydroxylation sites is 1. The van der Waals surface area contributed by atoms with Crippen LogP contribution in [0.1, 0.15) is 31.2 Å². The molecule has 3 amide bonds. The van der Waals surface area contributed by atoms with E-state index in [1.54, 1.807) is 18.2 Å². The first-order chi connectivity index (χ1) is 12.0. The Bertz CT molecular complexity index is 858. The summed E-state index contributed by atoms with van der Waals surface area (Å²) in [7, 11) is 1.23. The molecule has 1 aromatic carbocycles. The highest BCUT2D eigenvalue weighted by Crippen LogP contribution is 2.21. The molecule has 1 aliphatic rings. The fourth-order valence-electron chi connectivity index (χ4n) is 2.47. The first-order valence-corrected chi connectivity index (χ1v) is 7.31. The van der Waals surface area contributed by atoms with Crippen molar-refractivity contribution >= 4 is 29.4 Å². The van der Waals surface area contributed by atoms with E-state index in [1.807, 2.05) is 0 Å². The first kappa shape index (κ1) is 16.3. The Morgan fingerprint density at radius 2 is 1.88 bits per heavy atom. The maximum Gasteiger partial charge on any atom is 0.339 e. The van der Waals surface area contributed by atoms with Gasteiger partial charge in [-0.15, -0.1) is 0 Å². The largest absolute Gasteiger partial charge is 0.465 e. The summed E-state index contributed by atoms with van der Waals surface area (Å²) >= 11 is 0. The Morgan fingerprint density at radius 3 is 2.60 bits per heavy atom. The highest BCUT2D eigenvalue weighted by molar-refractivity contribution is 6.21. The third-order valence-electron chi connectivity index (χ3n) is 3.64. The van der Waals surface area contributed by atoms with Gasteiger partial charge in [-0.3, -0.25) is 24.3 Å². The van der Waals surface area contributed by atoms with Crippen LogP contribution in [0.2, 0.25) is 0 Å². The summed E-state index contributed by atoms with van der Waals surface area (Å²) < 4.78 is 4.65. The fraction of sp³-hybridized carbons (Fsp3) is 0.118. The number of nitrogens with zero attached hydrogens (tertiary/aromatic N) is 2. The number of hydrogen-bond acceptors (Lipinski definition) is 6. The van der Waals surface area contributed by atoms with Crippen molar-refractivity contribution in [2.75, 3.05) is 19.0 Å². The molecule has 126 valence electrons. The highest BCUT2D eigenvalue weighted by atomic mass is 16.5. The Balaban J connectivity index is 1.76. The van der Waals surface area contributed by atoms with Gasteiger partial charge in [0.15, 0.2) is 0 Å². The molecule has 0 saturated heterocycles. The van der Waals surface area contributed by atoms with Crippen molar-refractivity contribution in [2.45, 2.75) is 0 Å². The van der Waals surface area contributed by atoms with Crippen LogP contribution in [0.15, 0.2) is 42.6 Å². The van der Waals surface area contributed by atoms with Gasteiger partial charge in [-0.25, -0.2) is 4.79 Å². The molecular formula is C17H13N3O5. The van der Waals surface area contributed by atoms with Crippen molar-refractivity contribution in [3.8, 4) is 0 Å². The molecular weight excluding hydrogens is 326 g/mol. The number of carbonyl (C=O) groups is 4. The predicted molar refractivity (Wildman–Crippen MR) is 86.0 cm³/mol. The number of amides is 3. The lowest BCUT2D eigenvalue weighted by atomic mass is 10.2. The van der Waals surface area contributed by atoms with E-state index >= 15 is 0 Å². The van der Waals surface area contributed by atoms with E-state index in [0.717, 1.165) is 4.90 Å². The predicted octanol–water partition coefficient (Wildman–Crippen LogP) is 1.10. The number of carbonyl (C=O) groups excluding carboxylic acids is 4. The number of esters is 1. The Labute approximate surface area is 142 Å². The van der Waals surface area contributed by atoms with Crippen LogP contribution in [0.25, 0.3) is 0 Å². The van der Waals surface area contributed by atoms with Crippen LogP contribution in [0, 0.1) is 0 Å². The molecule has 1 N–H and O–H groups in total. The number of hydrogen-bond donors (Lipinski definition) is 1. The van der Waals surface area contributed by atoms with Crippen LogP contribution >= 0.6 is 0 Å². The summed E-state index contributed by atoms with van der Waals surface area (Å²) in [5.41, 5.74) is 0.585. The Kier molecular flexibility index (Phi) is 4.25. The van der Waals surface area contributed by atoms with Crippen LogP contribution < -0.4 is 5.32 Å². The number of pyridine rings is 1. The average Bonchev–Trinajstić information content (AvgIpc) is 2.87. The number of imide groups is 1. The zero-order valence-electron chi connectivity index (χ0n) is 13.2. The van der Waals surface area contributed by atoms with Gasteiger partial charge < -0.3 is 10.1 Å². The minimum absolute atomic E-state index is 0.0234. The van der Waals surface area contributed by atoms with Crippen molar-refractivity contribution in [3.63, 3.8) is 0 Å². The van der Waals surface area contributed by atoms with Gasteiger partial charge in [0.05, 0.1) is 23.9 Å². The van der Waals surface area contributed by atoms with Crippen LogP contribution in [-0.2, 0) is 9.53 Å². The highest BCUT2D eigenvalue weighted by Gasteiger charge is 2.37. The second-order valence-electron chi connectivity index (χ2n) is 5.18. The number of fused-ring (bicyclic) bond motifs is 1. The van der Waals surface area contributed by atoms with Gasteiger partial charge in [0, 0.05) is 6.20 Å². The Morgan fingerprint density at radius 1 is 1.12 bits per heavy atom. The second-order valence-corrected chi connectivity index (χ2v) is 5.18. The van der Waals surface area contributed by atoms with Crippen LogP contribution in [0.5, 0.6) is 0 Å². The number of ether oxygens (including phenoxy) is 1. The van der Waals surface area contributed by atoms with Gasteiger partial charge in [0.25, 0.3) is 11.8 Å². The van der Waals surface area contributed by atoms with Crippen molar-refractivity contribution in [3.05, 3.63) is 59.4 Å². The monoisotopic (exact) mass is 339 g/mol. The smallest absolute Gasteiger partial charge is 0.339 e. The summed E-state index contributed by atoms with van der Waals surface area (Å²) in [6, 6.07) is 9.29. The molecule has 3 rings (SSSR count). The molecule has 0 saturated carbocycles. The van der Waals surface area contributed by atoms with E-state index in [0.29, 0.717) is 0 Å². The van der Waals surface area contributed by atoms with Gasteiger partial charge in [-0.05, 0) is 24.3 Å². The maximum absolute atomic E-state index is 12.2. The zero-order valence-corrected chi connectivity index (χ0v) is 13.2. The third-order valence-corrected chi connectivity index (χ3v) is 3.64. The standard InChI is InChI=1S/C17H13N3O5/c1-25-17(24)10-5-2-3-7-12(10)19-13(21)9-20-15(22)11-6-4-8-18-14(11)16(20)23/h2-8H,9H2,1H3,(H,19,21). The summed E-state index contributed by atoms with van der Waals surface area (Å²) in [6.07, 6.45) is 1.40. The van der Waals surface area contributed by atoms with E-state index in [9.17, 15) is 19.2 Å². The number of anilines is 1. The minimum Gasteiger partial charge on any atom is -0.465 e. The average molecular weight is 339 g/mol. The molecule has 0 unspecified atom stereocenters. The Hall–Kier alpha value is -3.55. The van der Waals surface area contributed by atoms with Gasteiger partial charge >= 0.3 is 5.97 Å². The number of rotatable bonds is 4. The summed E-state index contributed by atoms with van der Waals surface area (Å²) in [4.78, 5) is 53.1. The molecule has 8 heteroatoms. The molecule has 2 heterocycles. The summed E-state index contributed by atoms with van der Waals surface area (Å²) in [5.74, 6) is -2.44. The number of nitrogens with one attached hydrogen (secondary N) is 1.